The van der Waals surface area contributed by atoms with Crippen LogP contribution in [0, 0.1) is 40.6 Å². The molecule has 0 amide bonds. The quantitative estimate of drug-likeness (QED) is 0.104. The van der Waals surface area contributed by atoms with Gasteiger partial charge in [-0.15, -0.1) is 0 Å². The normalized spacial score (nSPS) is 13.2. The first-order valence-electron chi connectivity index (χ1n) is 19.3. The molecule has 254 valence electrons. The fourth-order valence-electron chi connectivity index (χ4n) is 11.3. The monoisotopic (exact) mass is 706 g/mol. The number of nitriles is 3. The van der Waals surface area contributed by atoms with Crippen LogP contribution in [0.1, 0.15) is 67.3 Å². The highest BCUT2D eigenvalue weighted by atomic mass is 14.6. The summed E-state index contributed by atoms with van der Waals surface area (Å²) in [4.78, 5) is 3.80. The Balaban J connectivity index is 1.32. The van der Waals surface area contributed by atoms with Crippen molar-refractivity contribution >= 4 is 84.2 Å². The van der Waals surface area contributed by atoms with Gasteiger partial charge in [-0.05, 0) is 154 Å². The molecule has 0 aromatic heterocycles. The van der Waals surface area contributed by atoms with Gasteiger partial charge in [-0.25, -0.2) is 4.85 Å². The molecule has 4 aliphatic rings. The van der Waals surface area contributed by atoms with Gasteiger partial charge in [-0.1, -0.05) is 90.8 Å². The van der Waals surface area contributed by atoms with E-state index in [4.69, 9.17) is 6.57 Å². The molecule has 0 bridgehead atoms. The molecule has 8 aromatic carbocycles. The second-order valence-corrected chi connectivity index (χ2v) is 16.7. The van der Waals surface area contributed by atoms with E-state index in [1.807, 2.05) is 36.4 Å². The Labute approximate surface area is 325 Å². The molecule has 8 aromatic rings. The van der Waals surface area contributed by atoms with Crippen molar-refractivity contribution in [2.45, 2.75) is 39.5 Å². The molecule has 6 heteroatoms. The van der Waals surface area contributed by atoms with Crippen LogP contribution in [0.5, 0.6) is 0 Å². The number of nitrogens with zero attached hydrogens (tertiary/aromatic N) is 4. The second kappa shape index (κ2) is 10.3. The lowest BCUT2D eigenvalue weighted by atomic mass is 9.34. The molecule has 0 unspecified atom stereocenters. The van der Waals surface area contributed by atoms with E-state index in [1.165, 1.54) is 87.3 Å². The van der Waals surface area contributed by atoms with E-state index in [-0.39, 0.29) is 25.3 Å². The topological polar surface area (TPSA) is 75.7 Å². The highest BCUT2D eigenvalue weighted by Crippen LogP contribution is 2.50. The first-order valence-corrected chi connectivity index (χ1v) is 19.3. The van der Waals surface area contributed by atoms with Crippen LogP contribution in [0.4, 0.5) is 5.69 Å². The number of hydrogen-bond acceptors (Lipinski definition) is 3. The summed E-state index contributed by atoms with van der Waals surface area (Å²) in [6.07, 6.45) is 0. The molecule has 4 heterocycles. The molecule has 0 aliphatic carbocycles. The van der Waals surface area contributed by atoms with Crippen molar-refractivity contribution in [1.82, 2.24) is 0 Å². The fraction of sp³-hybridized carbons (Fsp3) is 0.120. The number of fused-ring (bicyclic) bond motifs is 10. The SMILES string of the molecule is [C-]#[N+]c1ccc2c(c1)-c1cc(C#N)cc3c1B2c1cc2c(C(C)C)cc4c5c(cc6c(C(C)C)cc-3c1c6c25)B1c2ccc(C#N)cc2-c2cc(C#N)cc-4c21. The molecule has 0 N–H and O–H groups in total. The zero-order valence-corrected chi connectivity index (χ0v) is 31.2. The summed E-state index contributed by atoms with van der Waals surface area (Å²) >= 11 is 0. The molecule has 0 saturated carbocycles. The predicted molar refractivity (Wildman–Crippen MR) is 230 cm³/mol. The Morgan fingerprint density at radius 3 is 1.34 bits per heavy atom. The van der Waals surface area contributed by atoms with Gasteiger partial charge in [0, 0.05) is 0 Å². The van der Waals surface area contributed by atoms with E-state index < -0.39 is 0 Å². The van der Waals surface area contributed by atoms with Crippen LogP contribution in [0.3, 0.4) is 0 Å². The molecule has 0 fully saturated rings. The molecule has 0 atom stereocenters. The largest absolute Gasteiger partial charge is 0.244 e. The molecular formula is C50H28B2N4. The summed E-state index contributed by atoms with van der Waals surface area (Å²) in [6, 6.07) is 37.5. The molecule has 4 aliphatic heterocycles. The average molecular weight is 706 g/mol. The third-order valence-corrected chi connectivity index (χ3v) is 13.4. The number of rotatable bonds is 2. The molecule has 56 heavy (non-hydrogen) atoms. The van der Waals surface area contributed by atoms with Crippen LogP contribution >= 0.6 is 0 Å². The van der Waals surface area contributed by atoms with Gasteiger partial charge in [-0.2, -0.15) is 15.8 Å². The van der Waals surface area contributed by atoms with Gasteiger partial charge in [0.2, 0.25) is 13.4 Å². The molecule has 0 saturated heterocycles. The maximum absolute atomic E-state index is 10.4. The third kappa shape index (κ3) is 3.55. The molecule has 12 rings (SSSR count). The van der Waals surface area contributed by atoms with Gasteiger partial charge in [0.1, 0.15) is 0 Å². The molecule has 4 nitrogen and oxygen atoms in total. The summed E-state index contributed by atoms with van der Waals surface area (Å²) in [6.45, 7) is 16.9. The highest BCUT2D eigenvalue weighted by Gasteiger charge is 2.45. The zero-order valence-electron chi connectivity index (χ0n) is 31.2. The van der Waals surface area contributed by atoms with Crippen LogP contribution in [0.15, 0.2) is 84.9 Å². The van der Waals surface area contributed by atoms with Crippen molar-refractivity contribution in [3.8, 4) is 62.7 Å². The Bertz CT molecular complexity index is 3210. The second-order valence-electron chi connectivity index (χ2n) is 16.7. The molecule has 0 spiro atoms. The Hall–Kier alpha value is -7.11. The summed E-state index contributed by atoms with van der Waals surface area (Å²) < 4.78 is 0. The van der Waals surface area contributed by atoms with E-state index in [9.17, 15) is 15.8 Å². The van der Waals surface area contributed by atoms with E-state index in [0.717, 1.165) is 33.4 Å². The van der Waals surface area contributed by atoms with Crippen LogP contribution in [-0.4, -0.2) is 13.4 Å². The summed E-state index contributed by atoms with van der Waals surface area (Å²) in [7, 11) is 0. The van der Waals surface area contributed by atoms with Crippen molar-refractivity contribution in [3.63, 3.8) is 0 Å². The summed E-state index contributed by atoms with van der Waals surface area (Å²) in [5.41, 5.74) is 21.2. The number of hydrogen-bond donors (Lipinski definition) is 0. The Morgan fingerprint density at radius 1 is 0.464 bits per heavy atom. The van der Waals surface area contributed by atoms with Gasteiger partial charge >= 0.3 is 0 Å². The average Bonchev–Trinajstić information content (AvgIpc) is 3.73. The first-order chi connectivity index (χ1) is 27.2. The standard InChI is InChI=1S/C50H28B2N4/c1-23(2)29-16-33-39-13-26(21-54)11-37-31-10-25(20-53)6-8-41(31)51(49(37)39)43-18-35-30(24(3)4)17-34-40-14-27(22-55)12-38-32-15-28(56-5)7-9-42(32)52(50(38)40)44-19-36(29)47(45(33)43)48(35)46(34)44/h6-19,23-24H,1-4H3. The van der Waals surface area contributed by atoms with Crippen LogP contribution in [-0.2, 0) is 0 Å². The van der Waals surface area contributed by atoms with Crippen LogP contribution in [0.25, 0.3) is 81.7 Å². The lowest BCUT2D eigenvalue weighted by Gasteiger charge is -2.33. The van der Waals surface area contributed by atoms with Gasteiger partial charge in [0.05, 0.1) is 41.5 Å². The van der Waals surface area contributed by atoms with Gasteiger partial charge in [0.25, 0.3) is 0 Å². The van der Waals surface area contributed by atoms with Crippen molar-refractivity contribution < 1.29 is 0 Å². The fourth-order valence-corrected chi connectivity index (χ4v) is 11.3. The van der Waals surface area contributed by atoms with Crippen LogP contribution in [0.2, 0.25) is 0 Å². The molecule has 0 radical (unpaired) electrons. The predicted octanol–water partition coefficient (Wildman–Crippen LogP) is 7.95. The van der Waals surface area contributed by atoms with Crippen molar-refractivity contribution in [2.24, 2.45) is 0 Å². The first kappa shape index (κ1) is 31.3. The Morgan fingerprint density at radius 2 is 0.893 bits per heavy atom. The third-order valence-electron chi connectivity index (χ3n) is 13.4. The van der Waals surface area contributed by atoms with E-state index >= 15 is 0 Å². The van der Waals surface area contributed by atoms with Crippen molar-refractivity contribution in [3.05, 3.63) is 124 Å². The lowest BCUT2D eigenvalue weighted by molar-refractivity contribution is 0.876. The molecular weight excluding hydrogens is 678 g/mol. The van der Waals surface area contributed by atoms with Gasteiger partial charge < -0.3 is 0 Å². The van der Waals surface area contributed by atoms with Gasteiger partial charge in [0.15, 0.2) is 5.69 Å². The minimum atomic E-state index is -0.0358. The number of benzene rings is 8. The summed E-state index contributed by atoms with van der Waals surface area (Å²) in [5.74, 6) is 0.440. The van der Waals surface area contributed by atoms with E-state index in [1.54, 1.807) is 0 Å². The van der Waals surface area contributed by atoms with E-state index in [2.05, 4.69) is 99.3 Å². The van der Waals surface area contributed by atoms with Crippen LogP contribution < -0.4 is 32.8 Å². The van der Waals surface area contributed by atoms with Gasteiger partial charge in [-0.3, -0.25) is 0 Å². The van der Waals surface area contributed by atoms with E-state index in [0.29, 0.717) is 22.4 Å². The van der Waals surface area contributed by atoms with Crippen molar-refractivity contribution in [2.75, 3.05) is 0 Å². The lowest BCUT2D eigenvalue weighted by Crippen LogP contribution is -2.53. The Kier molecular flexibility index (Phi) is 5.77. The summed E-state index contributed by atoms with van der Waals surface area (Å²) in [5, 5.41) is 38.3. The minimum absolute atomic E-state index is 0.0314. The maximum atomic E-state index is 10.4. The minimum Gasteiger partial charge on any atom is -0.238 e. The smallest absolute Gasteiger partial charge is 0.238 e. The maximum Gasteiger partial charge on any atom is 0.244 e. The highest BCUT2D eigenvalue weighted by molar-refractivity contribution is 7.03. The zero-order chi connectivity index (χ0) is 38.0. The van der Waals surface area contributed by atoms with Crippen molar-refractivity contribution in [1.29, 1.82) is 15.8 Å².